The highest BCUT2D eigenvalue weighted by atomic mass is 32.2. The number of ketones is 1. The Balaban J connectivity index is 2.29. The minimum Gasteiger partial charge on any atom is -0.294 e. The molecule has 2 heterocycles. The van der Waals surface area contributed by atoms with E-state index in [0.29, 0.717) is 33.6 Å². The lowest BCUT2D eigenvalue weighted by molar-refractivity contribution is -0.119. The third-order valence-electron chi connectivity index (χ3n) is 4.04. The van der Waals surface area contributed by atoms with Gasteiger partial charge in [0, 0.05) is 24.8 Å². The Labute approximate surface area is 155 Å². The van der Waals surface area contributed by atoms with Gasteiger partial charge in [0.15, 0.2) is 11.6 Å². The number of carbonyl (C=O) groups excluding carboxylic acids is 2. The molecule has 6 nitrogen and oxygen atoms in total. The summed E-state index contributed by atoms with van der Waals surface area (Å²) in [6.07, 6.45) is 1.11. The van der Waals surface area contributed by atoms with Crippen molar-refractivity contribution in [2.24, 2.45) is 0 Å². The summed E-state index contributed by atoms with van der Waals surface area (Å²) in [4.78, 5) is 25.9. The molecule has 1 aromatic carbocycles. The van der Waals surface area contributed by atoms with Gasteiger partial charge in [-0.15, -0.1) is 10.2 Å². The maximum Gasteiger partial charge on any atom is 0.246 e. The van der Waals surface area contributed by atoms with Gasteiger partial charge in [-0.05, 0) is 36.0 Å². The molecule has 136 valence electrons. The average Bonchev–Trinajstić information content (AvgIpc) is 3.08. The Morgan fingerprint density at radius 3 is 2.35 bits per heavy atom. The fraction of sp³-hybridized carbons (Fsp3) is 0.333. The number of Topliss-reactive ketones (excluding diaryl/α,β-unsaturated/α-hetero) is 1. The van der Waals surface area contributed by atoms with Crippen molar-refractivity contribution in [3.63, 3.8) is 0 Å². The number of aromatic nitrogens is 3. The molecule has 8 heteroatoms. The molecular formula is C18H19FN4O2S. The molecule has 0 aliphatic carbocycles. The van der Waals surface area contributed by atoms with E-state index in [1.807, 2.05) is 6.92 Å². The maximum atomic E-state index is 13.4. The number of carbonyl (C=O) groups is 2. The number of thioether (sulfide) groups is 1. The van der Waals surface area contributed by atoms with Gasteiger partial charge in [-0.3, -0.25) is 9.59 Å². The van der Waals surface area contributed by atoms with Gasteiger partial charge in [0.2, 0.25) is 11.1 Å². The van der Waals surface area contributed by atoms with E-state index in [2.05, 4.69) is 10.2 Å². The molecule has 1 aromatic heterocycles. The molecule has 0 radical (unpaired) electrons. The molecule has 0 saturated carbocycles. The van der Waals surface area contributed by atoms with Gasteiger partial charge < -0.3 is 0 Å². The van der Waals surface area contributed by atoms with Gasteiger partial charge in [0.1, 0.15) is 5.82 Å². The Bertz CT molecular complexity index is 889. The number of nitrogens with zero attached hydrogens (tertiary/aromatic N) is 4. The monoisotopic (exact) mass is 374 g/mol. The number of amides is 1. The molecule has 0 spiro atoms. The smallest absolute Gasteiger partial charge is 0.246 e. The Morgan fingerprint density at radius 2 is 1.77 bits per heavy atom. The number of hydrogen-bond donors (Lipinski definition) is 0. The fourth-order valence-corrected chi connectivity index (χ4v) is 3.81. The van der Waals surface area contributed by atoms with Crippen molar-refractivity contribution in [1.29, 1.82) is 0 Å². The van der Waals surface area contributed by atoms with Crippen molar-refractivity contribution in [3.8, 4) is 0 Å². The Hall–Kier alpha value is -2.48. The van der Waals surface area contributed by atoms with Crippen LogP contribution in [0.2, 0.25) is 0 Å². The van der Waals surface area contributed by atoms with Gasteiger partial charge in [-0.1, -0.05) is 20.8 Å². The predicted molar refractivity (Wildman–Crippen MR) is 97.4 cm³/mol. The van der Waals surface area contributed by atoms with E-state index in [4.69, 9.17) is 0 Å². The van der Waals surface area contributed by atoms with Crippen LogP contribution in [0.1, 0.15) is 45.0 Å². The lowest BCUT2D eigenvalue weighted by Crippen LogP contribution is -2.42. The third-order valence-corrected chi connectivity index (χ3v) is 5.11. The summed E-state index contributed by atoms with van der Waals surface area (Å²) in [5, 5.41) is 10.2. The van der Waals surface area contributed by atoms with Crippen molar-refractivity contribution in [2.45, 2.75) is 45.2 Å². The highest BCUT2D eigenvalue weighted by Gasteiger charge is 2.35. The van der Waals surface area contributed by atoms with Crippen molar-refractivity contribution in [1.82, 2.24) is 14.9 Å². The minimum absolute atomic E-state index is 0.101. The molecule has 0 N–H and O–H groups in total. The van der Waals surface area contributed by atoms with E-state index in [0.717, 1.165) is 0 Å². The second-order valence-electron chi connectivity index (χ2n) is 5.69. The molecule has 2 aromatic rings. The van der Waals surface area contributed by atoms with E-state index >= 15 is 0 Å². The zero-order valence-corrected chi connectivity index (χ0v) is 15.6. The van der Waals surface area contributed by atoms with Crippen molar-refractivity contribution in [2.75, 3.05) is 5.01 Å². The van der Waals surface area contributed by atoms with Gasteiger partial charge in [0.25, 0.3) is 0 Å². The number of halogens is 1. The number of benzene rings is 1. The lowest BCUT2D eigenvalue weighted by atomic mass is 10.1. The highest BCUT2D eigenvalue weighted by molar-refractivity contribution is 8.04. The summed E-state index contributed by atoms with van der Waals surface area (Å²) < 4.78 is 15.1. The summed E-state index contributed by atoms with van der Waals surface area (Å²) >= 11 is 1.20. The molecule has 0 unspecified atom stereocenters. The van der Waals surface area contributed by atoms with Crippen LogP contribution < -0.4 is 5.01 Å². The standard InChI is InChI=1S/C18H19FN4O2S/c1-4-13(24)17-16(11-7-9-12(19)10-8-11)23(15(25)6-3)22-14(5-2)20-21-18(22)26-17/h7-10H,4-6H2,1-3H3. The number of aryl methyl sites for hydroxylation is 1. The molecule has 0 atom stereocenters. The second kappa shape index (κ2) is 7.41. The van der Waals surface area contributed by atoms with E-state index in [9.17, 15) is 14.0 Å². The van der Waals surface area contributed by atoms with Crippen LogP contribution >= 0.6 is 11.8 Å². The summed E-state index contributed by atoms with van der Waals surface area (Å²) in [5.41, 5.74) is 1.05. The Morgan fingerprint density at radius 1 is 1.08 bits per heavy atom. The maximum absolute atomic E-state index is 13.4. The quantitative estimate of drug-likeness (QED) is 0.803. The van der Waals surface area contributed by atoms with Crippen molar-refractivity contribution in [3.05, 3.63) is 46.4 Å². The number of allylic oxidation sites excluding steroid dienone is 1. The molecule has 0 bridgehead atoms. The minimum atomic E-state index is -0.381. The SMILES string of the molecule is CCC(=O)C1=C(c2ccc(F)cc2)N(C(=O)CC)n2c(CC)nnc2S1. The summed E-state index contributed by atoms with van der Waals surface area (Å²) in [5.74, 6) is -0.0528. The van der Waals surface area contributed by atoms with Gasteiger partial charge in [-0.25, -0.2) is 14.1 Å². The number of fused-ring (bicyclic) bond motifs is 1. The lowest BCUT2D eigenvalue weighted by Gasteiger charge is -2.33. The molecule has 1 amide bonds. The van der Waals surface area contributed by atoms with Crippen LogP contribution in [0.3, 0.4) is 0 Å². The van der Waals surface area contributed by atoms with Crippen LogP contribution in [0.5, 0.6) is 0 Å². The first-order valence-electron chi connectivity index (χ1n) is 8.50. The third kappa shape index (κ3) is 3.05. The fourth-order valence-electron chi connectivity index (χ4n) is 2.71. The van der Waals surface area contributed by atoms with Gasteiger partial charge >= 0.3 is 0 Å². The zero-order chi connectivity index (χ0) is 18.8. The number of hydrogen-bond acceptors (Lipinski definition) is 5. The van der Waals surface area contributed by atoms with Crippen LogP contribution in [-0.4, -0.2) is 26.6 Å². The van der Waals surface area contributed by atoms with E-state index in [-0.39, 0.29) is 30.3 Å². The molecule has 0 saturated heterocycles. The highest BCUT2D eigenvalue weighted by Crippen LogP contribution is 2.40. The molecule has 3 rings (SSSR count). The first kappa shape index (κ1) is 18.3. The first-order chi connectivity index (χ1) is 12.5. The molecule has 26 heavy (non-hydrogen) atoms. The predicted octanol–water partition coefficient (Wildman–Crippen LogP) is 3.31. The molecule has 1 aliphatic rings. The zero-order valence-electron chi connectivity index (χ0n) is 14.8. The van der Waals surface area contributed by atoms with Crippen molar-refractivity contribution >= 4 is 29.1 Å². The van der Waals surface area contributed by atoms with Crippen LogP contribution in [-0.2, 0) is 16.0 Å². The van der Waals surface area contributed by atoms with Gasteiger partial charge in [0.05, 0.1) is 10.6 Å². The average molecular weight is 374 g/mol. The van der Waals surface area contributed by atoms with Gasteiger partial charge in [-0.2, -0.15) is 0 Å². The molecular weight excluding hydrogens is 355 g/mol. The largest absolute Gasteiger partial charge is 0.294 e. The summed E-state index contributed by atoms with van der Waals surface area (Å²) in [6, 6.07) is 5.78. The van der Waals surface area contributed by atoms with Crippen LogP contribution in [0.4, 0.5) is 4.39 Å². The number of rotatable bonds is 5. The summed E-state index contributed by atoms with van der Waals surface area (Å²) in [6.45, 7) is 5.44. The van der Waals surface area contributed by atoms with Crippen molar-refractivity contribution < 1.29 is 14.0 Å². The summed E-state index contributed by atoms with van der Waals surface area (Å²) in [7, 11) is 0. The molecule has 0 fully saturated rings. The molecule has 1 aliphatic heterocycles. The topological polar surface area (TPSA) is 68.1 Å². The van der Waals surface area contributed by atoms with Crippen LogP contribution in [0, 0.1) is 5.82 Å². The van der Waals surface area contributed by atoms with Crippen LogP contribution in [0.15, 0.2) is 34.3 Å². The first-order valence-corrected chi connectivity index (χ1v) is 9.32. The Kier molecular flexibility index (Phi) is 5.22. The van der Waals surface area contributed by atoms with E-state index < -0.39 is 0 Å². The van der Waals surface area contributed by atoms with E-state index in [1.54, 1.807) is 30.7 Å². The second-order valence-corrected chi connectivity index (χ2v) is 6.66. The van der Waals surface area contributed by atoms with Crippen LogP contribution in [0.25, 0.3) is 5.70 Å². The normalized spacial score (nSPS) is 13.8. The van der Waals surface area contributed by atoms with E-state index in [1.165, 1.54) is 28.9 Å².